The molecule has 0 unspecified atom stereocenters. The van der Waals surface area contributed by atoms with Gasteiger partial charge in [-0.05, 0) is 103 Å². The summed E-state index contributed by atoms with van der Waals surface area (Å²) in [5.74, 6) is 2.44. The molecular formula is C30H50O3. The highest BCUT2D eigenvalue weighted by molar-refractivity contribution is 5.26. The summed E-state index contributed by atoms with van der Waals surface area (Å²) in [6.07, 6.45) is 8.51. The van der Waals surface area contributed by atoms with Crippen LogP contribution >= 0.6 is 0 Å². The summed E-state index contributed by atoms with van der Waals surface area (Å²) in [4.78, 5) is 0. The number of fused-ring (bicyclic) bond motifs is 7. The summed E-state index contributed by atoms with van der Waals surface area (Å²) in [6.45, 7) is 19.0. The topological polar surface area (TPSA) is 60.7 Å². The number of aliphatic hydroxyl groups excluding tert-OH is 3. The molecule has 0 saturated heterocycles. The SMILES string of the molecule is CC1=C[C@H](O)[C@]2(C)[C@H]([C@@H]1C)[C@H]1CC[C@@H]3[C@@]4(C)CC[C@H](O)C(C)(C)[C@@H]4CC[C@@]3(C)[C@]1(C)C[C@@H]2O. The van der Waals surface area contributed by atoms with Crippen LogP contribution in [0.25, 0.3) is 0 Å². The van der Waals surface area contributed by atoms with Crippen LogP contribution in [-0.2, 0) is 0 Å². The molecule has 0 spiro atoms. The van der Waals surface area contributed by atoms with Crippen LogP contribution in [0.15, 0.2) is 11.6 Å². The maximum atomic E-state index is 11.7. The lowest BCUT2D eigenvalue weighted by Gasteiger charge is -2.74. The number of hydrogen-bond donors (Lipinski definition) is 3. The van der Waals surface area contributed by atoms with Gasteiger partial charge in [0, 0.05) is 5.41 Å². The molecule has 3 N–H and O–H groups in total. The normalized spacial score (nSPS) is 60.0. The summed E-state index contributed by atoms with van der Waals surface area (Å²) < 4.78 is 0. The smallest absolute Gasteiger partial charge is 0.0804 e. The van der Waals surface area contributed by atoms with Gasteiger partial charge in [-0.25, -0.2) is 0 Å². The molecule has 5 rings (SSSR count). The molecular weight excluding hydrogens is 408 g/mol. The molecule has 0 radical (unpaired) electrons. The van der Waals surface area contributed by atoms with E-state index >= 15 is 0 Å². The lowest BCUT2D eigenvalue weighted by atomic mass is 9.31. The highest BCUT2D eigenvalue weighted by Gasteiger charge is 2.71. The van der Waals surface area contributed by atoms with Crippen LogP contribution < -0.4 is 0 Å². The third kappa shape index (κ3) is 2.74. The molecule has 0 bridgehead atoms. The van der Waals surface area contributed by atoms with E-state index < -0.39 is 17.6 Å². The second-order valence-electron chi connectivity index (χ2n) is 14.8. The van der Waals surface area contributed by atoms with Crippen LogP contribution in [0.1, 0.15) is 100 Å². The maximum Gasteiger partial charge on any atom is 0.0804 e. The third-order valence-corrected chi connectivity index (χ3v) is 13.7. The van der Waals surface area contributed by atoms with Gasteiger partial charge in [-0.15, -0.1) is 0 Å². The molecule has 33 heavy (non-hydrogen) atoms. The Morgan fingerprint density at radius 2 is 1.45 bits per heavy atom. The first-order valence-corrected chi connectivity index (χ1v) is 13.9. The second-order valence-corrected chi connectivity index (χ2v) is 14.8. The van der Waals surface area contributed by atoms with E-state index in [1.54, 1.807) is 0 Å². The maximum absolute atomic E-state index is 11.7. The van der Waals surface area contributed by atoms with Crippen molar-refractivity contribution in [2.45, 2.75) is 119 Å². The highest BCUT2D eigenvalue weighted by atomic mass is 16.3. The summed E-state index contributed by atoms with van der Waals surface area (Å²) in [6, 6.07) is 0. The lowest BCUT2D eigenvalue weighted by Crippen LogP contribution is -2.70. The minimum absolute atomic E-state index is 0.0271. The van der Waals surface area contributed by atoms with Crippen LogP contribution in [0.4, 0.5) is 0 Å². The minimum Gasteiger partial charge on any atom is -0.393 e. The molecule has 3 heteroatoms. The first-order chi connectivity index (χ1) is 15.2. The van der Waals surface area contributed by atoms with Crippen molar-refractivity contribution in [1.82, 2.24) is 0 Å². The van der Waals surface area contributed by atoms with Crippen molar-refractivity contribution < 1.29 is 15.3 Å². The van der Waals surface area contributed by atoms with Crippen molar-refractivity contribution in [2.75, 3.05) is 0 Å². The Morgan fingerprint density at radius 3 is 2.12 bits per heavy atom. The van der Waals surface area contributed by atoms with Crippen LogP contribution in [0.2, 0.25) is 0 Å². The van der Waals surface area contributed by atoms with Crippen molar-refractivity contribution in [2.24, 2.45) is 56.7 Å². The van der Waals surface area contributed by atoms with Gasteiger partial charge in [-0.1, -0.05) is 60.1 Å². The van der Waals surface area contributed by atoms with Gasteiger partial charge in [0.1, 0.15) is 0 Å². The molecule has 5 aliphatic carbocycles. The summed E-state index contributed by atoms with van der Waals surface area (Å²) in [5.41, 5.74) is 1.32. The fourth-order valence-electron chi connectivity index (χ4n) is 11.3. The van der Waals surface area contributed by atoms with Crippen molar-refractivity contribution in [3.05, 3.63) is 11.6 Å². The van der Waals surface area contributed by atoms with E-state index in [-0.39, 0.29) is 27.8 Å². The molecule has 3 nitrogen and oxygen atoms in total. The Morgan fingerprint density at radius 1 is 0.788 bits per heavy atom. The third-order valence-electron chi connectivity index (χ3n) is 13.7. The molecule has 5 aliphatic rings. The molecule has 0 aromatic heterocycles. The molecule has 0 heterocycles. The van der Waals surface area contributed by atoms with Crippen molar-refractivity contribution in [1.29, 1.82) is 0 Å². The largest absolute Gasteiger partial charge is 0.393 e. The first-order valence-electron chi connectivity index (χ1n) is 13.9. The average Bonchev–Trinajstić information content (AvgIpc) is 2.71. The van der Waals surface area contributed by atoms with Crippen LogP contribution in [0, 0.1) is 56.7 Å². The Balaban J connectivity index is 1.59. The van der Waals surface area contributed by atoms with Gasteiger partial charge in [0.05, 0.1) is 18.3 Å². The number of allylic oxidation sites excluding steroid dienone is 1. The summed E-state index contributed by atoms with van der Waals surface area (Å²) in [5, 5.41) is 33.8. The van der Waals surface area contributed by atoms with Gasteiger partial charge in [-0.3, -0.25) is 0 Å². The molecule has 0 amide bonds. The van der Waals surface area contributed by atoms with E-state index in [0.29, 0.717) is 29.6 Å². The second kappa shape index (κ2) is 7.10. The standard InChI is InChI=1S/C30H50O3/c1-17-15-23(32)30(8)24(33)16-29(7)19(25(30)18(17)2)9-10-21-27(5)13-12-22(31)26(3,4)20(27)11-14-28(21,29)6/h15,18-25,31-33H,9-14,16H2,1-8H3/t18-,19-,20+,21-,22+,23+,24+,25-,27+,28-,29-,30+/m1/s1. The van der Waals surface area contributed by atoms with E-state index in [4.69, 9.17) is 0 Å². The lowest BCUT2D eigenvalue weighted by molar-refractivity contribution is -0.276. The number of rotatable bonds is 0. The Hall–Kier alpha value is -0.380. The van der Waals surface area contributed by atoms with E-state index in [9.17, 15) is 15.3 Å². The molecule has 0 aliphatic heterocycles. The Bertz CT molecular complexity index is 847. The van der Waals surface area contributed by atoms with Crippen molar-refractivity contribution >= 4 is 0 Å². The van der Waals surface area contributed by atoms with Gasteiger partial charge in [0.15, 0.2) is 0 Å². The predicted octanol–water partition coefficient (Wildman–Crippen LogP) is 5.97. The van der Waals surface area contributed by atoms with E-state index in [1.165, 1.54) is 31.3 Å². The zero-order valence-corrected chi connectivity index (χ0v) is 22.5. The van der Waals surface area contributed by atoms with Crippen molar-refractivity contribution in [3.63, 3.8) is 0 Å². The quantitative estimate of drug-likeness (QED) is 0.392. The molecule has 0 aromatic carbocycles. The van der Waals surface area contributed by atoms with E-state index in [1.807, 2.05) is 6.08 Å². The van der Waals surface area contributed by atoms with Gasteiger partial charge in [-0.2, -0.15) is 0 Å². The van der Waals surface area contributed by atoms with Crippen LogP contribution in [-0.4, -0.2) is 33.6 Å². The van der Waals surface area contributed by atoms with E-state index in [2.05, 4.69) is 55.4 Å². The fourth-order valence-corrected chi connectivity index (χ4v) is 11.3. The molecule has 4 fully saturated rings. The van der Waals surface area contributed by atoms with Crippen LogP contribution in [0.3, 0.4) is 0 Å². The molecule has 188 valence electrons. The zero-order valence-electron chi connectivity index (χ0n) is 22.5. The van der Waals surface area contributed by atoms with Crippen LogP contribution in [0.5, 0.6) is 0 Å². The summed E-state index contributed by atoms with van der Waals surface area (Å²) >= 11 is 0. The number of aliphatic hydroxyl groups is 3. The zero-order chi connectivity index (χ0) is 24.4. The Kier molecular flexibility index (Phi) is 5.23. The Labute approximate surface area is 202 Å². The molecule has 4 saturated carbocycles. The van der Waals surface area contributed by atoms with Gasteiger partial charge < -0.3 is 15.3 Å². The summed E-state index contributed by atoms with van der Waals surface area (Å²) in [7, 11) is 0. The van der Waals surface area contributed by atoms with Gasteiger partial charge >= 0.3 is 0 Å². The molecule has 0 aromatic rings. The highest BCUT2D eigenvalue weighted by Crippen LogP contribution is 2.76. The average molecular weight is 459 g/mol. The molecule has 12 atom stereocenters. The monoisotopic (exact) mass is 458 g/mol. The number of hydrogen-bond acceptors (Lipinski definition) is 3. The van der Waals surface area contributed by atoms with Crippen molar-refractivity contribution in [3.8, 4) is 0 Å². The fraction of sp³-hybridized carbons (Fsp3) is 0.933. The predicted molar refractivity (Wildman–Crippen MR) is 133 cm³/mol. The van der Waals surface area contributed by atoms with E-state index in [0.717, 1.165) is 19.3 Å². The minimum atomic E-state index is -0.558. The first kappa shape index (κ1) is 24.3. The van der Waals surface area contributed by atoms with Gasteiger partial charge in [0.2, 0.25) is 0 Å². The van der Waals surface area contributed by atoms with Gasteiger partial charge in [0.25, 0.3) is 0 Å².